The monoisotopic (exact) mass is 533 g/mol. The normalized spacial score (nSPS) is 10.4. The SMILES string of the molecule is CCCCOc1ccc(Br)cc1C(=O)NC(=S)Nc1cccc(C(=O)N(CCC)CCC)c1. The van der Waals surface area contributed by atoms with Crippen LogP contribution in [0.25, 0.3) is 0 Å². The third-order valence-electron chi connectivity index (χ3n) is 4.81. The van der Waals surface area contributed by atoms with Gasteiger partial charge in [-0.25, -0.2) is 0 Å². The van der Waals surface area contributed by atoms with Crippen LogP contribution in [0.3, 0.4) is 0 Å². The topological polar surface area (TPSA) is 70.7 Å². The summed E-state index contributed by atoms with van der Waals surface area (Å²) in [7, 11) is 0. The molecule has 0 saturated carbocycles. The maximum atomic E-state index is 12.9. The first kappa shape index (κ1) is 26.8. The maximum absolute atomic E-state index is 12.9. The minimum absolute atomic E-state index is 0.0136. The standard InChI is InChI=1S/C25H32BrN3O3S/c1-4-7-15-32-22-12-11-19(26)17-21(22)23(30)28-25(33)27-20-10-8-9-18(16-20)24(31)29(13-5-2)14-6-3/h8-12,16-17H,4-7,13-15H2,1-3H3,(H2,27,28,30,33). The molecule has 2 amide bonds. The highest BCUT2D eigenvalue weighted by Gasteiger charge is 2.17. The average Bonchev–Trinajstić information content (AvgIpc) is 2.79. The predicted octanol–water partition coefficient (Wildman–Crippen LogP) is 6.02. The van der Waals surface area contributed by atoms with Crippen LogP contribution in [0.5, 0.6) is 5.75 Å². The van der Waals surface area contributed by atoms with E-state index in [1.54, 1.807) is 36.4 Å². The Morgan fingerprint density at radius 1 is 1.03 bits per heavy atom. The Labute approximate surface area is 210 Å². The van der Waals surface area contributed by atoms with Gasteiger partial charge in [0.1, 0.15) is 5.75 Å². The summed E-state index contributed by atoms with van der Waals surface area (Å²) in [6.45, 7) is 8.16. The summed E-state index contributed by atoms with van der Waals surface area (Å²) in [5.74, 6) is 0.122. The van der Waals surface area contributed by atoms with E-state index in [-0.39, 0.29) is 16.9 Å². The number of thiocarbonyl (C=S) groups is 1. The zero-order valence-corrected chi connectivity index (χ0v) is 21.9. The number of hydrogen-bond acceptors (Lipinski definition) is 4. The zero-order chi connectivity index (χ0) is 24.2. The molecule has 2 N–H and O–H groups in total. The molecule has 0 aromatic heterocycles. The lowest BCUT2D eigenvalue weighted by atomic mass is 10.1. The number of hydrogen-bond donors (Lipinski definition) is 2. The van der Waals surface area contributed by atoms with Crippen LogP contribution in [-0.2, 0) is 0 Å². The van der Waals surface area contributed by atoms with Gasteiger partial charge in [0.05, 0.1) is 12.2 Å². The molecule has 8 heteroatoms. The fourth-order valence-corrected chi connectivity index (χ4v) is 3.80. The van der Waals surface area contributed by atoms with Crippen LogP contribution in [0.1, 0.15) is 67.2 Å². The molecule has 6 nitrogen and oxygen atoms in total. The average molecular weight is 535 g/mol. The van der Waals surface area contributed by atoms with Gasteiger partial charge in [-0.15, -0.1) is 0 Å². The lowest BCUT2D eigenvalue weighted by Gasteiger charge is -2.22. The number of benzene rings is 2. The van der Waals surface area contributed by atoms with E-state index in [0.717, 1.165) is 30.2 Å². The van der Waals surface area contributed by atoms with E-state index < -0.39 is 0 Å². The van der Waals surface area contributed by atoms with E-state index in [2.05, 4.69) is 47.3 Å². The predicted molar refractivity (Wildman–Crippen MR) is 141 cm³/mol. The second-order valence-corrected chi connectivity index (χ2v) is 8.95. The van der Waals surface area contributed by atoms with Gasteiger partial charge in [-0.1, -0.05) is 49.2 Å². The Kier molecular flexibility index (Phi) is 11.3. The Morgan fingerprint density at radius 3 is 2.42 bits per heavy atom. The van der Waals surface area contributed by atoms with Crippen LogP contribution >= 0.6 is 28.1 Å². The first-order chi connectivity index (χ1) is 15.9. The summed E-state index contributed by atoms with van der Waals surface area (Å²) in [5, 5.41) is 5.85. The van der Waals surface area contributed by atoms with Crippen LogP contribution in [0.15, 0.2) is 46.9 Å². The number of unbranched alkanes of at least 4 members (excludes halogenated alkanes) is 1. The van der Waals surface area contributed by atoms with Gasteiger partial charge in [0.2, 0.25) is 0 Å². The molecule has 0 bridgehead atoms. The Hall–Kier alpha value is -2.45. The van der Waals surface area contributed by atoms with Crippen molar-refractivity contribution in [1.29, 1.82) is 0 Å². The van der Waals surface area contributed by atoms with Crippen LogP contribution in [0.2, 0.25) is 0 Å². The zero-order valence-electron chi connectivity index (χ0n) is 19.4. The molecule has 0 radical (unpaired) electrons. The van der Waals surface area contributed by atoms with Crippen molar-refractivity contribution < 1.29 is 14.3 Å². The second-order valence-electron chi connectivity index (χ2n) is 7.62. The second kappa shape index (κ2) is 14.0. The smallest absolute Gasteiger partial charge is 0.261 e. The van der Waals surface area contributed by atoms with Crippen molar-refractivity contribution in [3.63, 3.8) is 0 Å². The first-order valence-corrected chi connectivity index (χ1v) is 12.5. The number of halogens is 1. The quantitative estimate of drug-likeness (QED) is 0.273. The molecule has 178 valence electrons. The molecule has 2 rings (SSSR count). The van der Waals surface area contributed by atoms with Gasteiger partial charge in [0, 0.05) is 28.8 Å². The summed E-state index contributed by atoms with van der Waals surface area (Å²) >= 11 is 8.75. The van der Waals surface area contributed by atoms with Crippen molar-refractivity contribution in [3.8, 4) is 5.75 Å². The number of nitrogens with zero attached hydrogens (tertiary/aromatic N) is 1. The highest BCUT2D eigenvalue weighted by Crippen LogP contribution is 2.24. The lowest BCUT2D eigenvalue weighted by molar-refractivity contribution is 0.0755. The van der Waals surface area contributed by atoms with Crippen molar-refractivity contribution in [3.05, 3.63) is 58.1 Å². The number of anilines is 1. The van der Waals surface area contributed by atoms with E-state index in [9.17, 15) is 9.59 Å². The summed E-state index contributed by atoms with van der Waals surface area (Å²) in [5.41, 5.74) is 1.60. The van der Waals surface area contributed by atoms with E-state index in [0.29, 0.717) is 42.3 Å². The summed E-state index contributed by atoms with van der Waals surface area (Å²) in [6, 6.07) is 12.4. The number of amides is 2. The van der Waals surface area contributed by atoms with E-state index in [4.69, 9.17) is 17.0 Å². The Balaban J connectivity index is 2.08. The molecule has 0 aliphatic carbocycles. The maximum Gasteiger partial charge on any atom is 0.261 e. The molecule has 2 aromatic rings. The number of ether oxygens (including phenoxy) is 1. The van der Waals surface area contributed by atoms with E-state index in [1.807, 2.05) is 11.0 Å². The molecule has 0 heterocycles. The van der Waals surface area contributed by atoms with Crippen molar-refractivity contribution in [2.24, 2.45) is 0 Å². The lowest BCUT2D eigenvalue weighted by Crippen LogP contribution is -2.34. The first-order valence-electron chi connectivity index (χ1n) is 11.3. The van der Waals surface area contributed by atoms with Gasteiger partial charge < -0.3 is 15.0 Å². The number of nitrogens with one attached hydrogen (secondary N) is 2. The summed E-state index contributed by atoms with van der Waals surface area (Å²) in [4.78, 5) is 27.6. The number of carbonyl (C=O) groups excluding carboxylic acids is 2. The van der Waals surface area contributed by atoms with E-state index >= 15 is 0 Å². The highest BCUT2D eigenvalue weighted by molar-refractivity contribution is 9.10. The Morgan fingerprint density at radius 2 is 1.76 bits per heavy atom. The third-order valence-corrected chi connectivity index (χ3v) is 5.51. The fourth-order valence-electron chi connectivity index (χ4n) is 3.23. The number of rotatable bonds is 11. The van der Waals surface area contributed by atoms with E-state index in [1.165, 1.54) is 0 Å². The van der Waals surface area contributed by atoms with Crippen LogP contribution < -0.4 is 15.4 Å². The molecule has 0 spiro atoms. The summed E-state index contributed by atoms with van der Waals surface area (Å²) < 4.78 is 6.54. The molecular weight excluding hydrogens is 502 g/mol. The molecule has 33 heavy (non-hydrogen) atoms. The molecule has 0 unspecified atom stereocenters. The molecule has 0 fully saturated rings. The minimum Gasteiger partial charge on any atom is -0.493 e. The van der Waals surface area contributed by atoms with Crippen LogP contribution in [0.4, 0.5) is 5.69 Å². The van der Waals surface area contributed by atoms with Crippen LogP contribution in [0, 0.1) is 0 Å². The van der Waals surface area contributed by atoms with Gasteiger partial charge in [-0.05, 0) is 67.9 Å². The van der Waals surface area contributed by atoms with Crippen molar-refractivity contribution >= 4 is 50.8 Å². The van der Waals surface area contributed by atoms with Crippen molar-refractivity contribution in [2.45, 2.75) is 46.5 Å². The fraction of sp³-hybridized carbons (Fsp3) is 0.400. The van der Waals surface area contributed by atoms with Gasteiger partial charge in [0.25, 0.3) is 11.8 Å². The third kappa shape index (κ3) is 8.44. The summed E-state index contributed by atoms with van der Waals surface area (Å²) in [6.07, 6.45) is 3.71. The molecule has 0 atom stereocenters. The van der Waals surface area contributed by atoms with Gasteiger partial charge in [0.15, 0.2) is 5.11 Å². The highest BCUT2D eigenvalue weighted by atomic mass is 79.9. The molecular formula is C25H32BrN3O3S. The molecule has 0 aliphatic heterocycles. The van der Waals surface area contributed by atoms with Gasteiger partial charge in [-0.2, -0.15) is 0 Å². The number of carbonyl (C=O) groups is 2. The molecule has 2 aromatic carbocycles. The minimum atomic E-state index is -0.371. The van der Waals surface area contributed by atoms with Crippen LogP contribution in [-0.4, -0.2) is 41.5 Å². The van der Waals surface area contributed by atoms with Crippen molar-refractivity contribution in [1.82, 2.24) is 10.2 Å². The molecule has 0 saturated heterocycles. The largest absolute Gasteiger partial charge is 0.493 e. The van der Waals surface area contributed by atoms with Gasteiger partial charge in [-0.3, -0.25) is 14.9 Å². The van der Waals surface area contributed by atoms with Crippen molar-refractivity contribution in [2.75, 3.05) is 25.0 Å². The van der Waals surface area contributed by atoms with Gasteiger partial charge >= 0.3 is 0 Å². The molecule has 0 aliphatic rings. The Bertz CT molecular complexity index is 962.